The van der Waals surface area contributed by atoms with E-state index in [1.54, 1.807) is 25.3 Å². The smallest absolute Gasteiger partial charge is 0.338 e. The average molecular weight is 568 g/mol. The van der Waals surface area contributed by atoms with Crippen molar-refractivity contribution >= 4 is 58.5 Å². The van der Waals surface area contributed by atoms with Gasteiger partial charge in [0, 0.05) is 28.9 Å². The number of primary amides is 1. The Bertz CT molecular complexity index is 1550. The van der Waals surface area contributed by atoms with E-state index in [4.69, 9.17) is 10.5 Å². The summed E-state index contributed by atoms with van der Waals surface area (Å²) >= 11 is 1.84. The van der Waals surface area contributed by atoms with Crippen LogP contribution in [0.15, 0.2) is 58.6 Å². The number of aromatic nitrogens is 2. The van der Waals surface area contributed by atoms with Crippen LogP contribution in [-0.2, 0) is 25.7 Å². The van der Waals surface area contributed by atoms with Gasteiger partial charge in [0.25, 0.3) is 5.91 Å². The fourth-order valence-corrected chi connectivity index (χ4v) is 7.41. The molecule has 39 heavy (non-hydrogen) atoms. The number of esters is 1. The predicted octanol–water partition coefficient (Wildman–Crippen LogP) is 1.79. The molecule has 5 rings (SSSR count). The maximum absolute atomic E-state index is 13.2. The Morgan fingerprint density at radius 3 is 2.49 bits per heavy atom. The minimum atomic E-state index is -1.17. The summed E-state index contributed by atoms with van der Waals surface area (Å²) in [4.78, 5) is 80.6. The molecule has 0 aliphatic carbocycles. The Kier molecular flexibility index (Phi) is 7.06. The highest BCUT2D eigenvalue weighted by molar-refractivity contribution is 8.00. The second-order valence-electron chi connectivity index (χ2n) is 8.65. The van der Waals surface area contributed by atoms with Gasteiger partial charge in [0.15, 0.2) is 0 Å². The van der Waals surface area contributed by atoms with Gasteiger partial charge in [-0.25, -0.2) is 9.59 Å². The highest BCUT2D eigenvalue weighted by Gasteiger charge is 2.57. The van der Waals surface area contributed by atoms with E-state index in [2.05, 4.69) is 10.3 Å². The molecule has 200 valence electrons. The number of hydrogen-bond donors (Lipinski definition) is 2. The molecule has 2 aliphatic rings. The third kappa shape index (κ3) is 4.72. The molecule has 0 bridgehead atoms. The lowest BCUT2D eigenvalue weighted by molar-refractivity contribution is -0.135. The topological polar surface area (TPSA) is 171 Å². The lowest BCUT2D eigenvalue weighted by Crippen LogP contribution is -2.41. The van der Waals surface area contributed by atoms with Crippen molar-refractivity contribution in [2.45, 2.75) is 29.7 Å². The summed E-state index contributed by atoms with van der Waals surface area (Å²) in [5.74, 6) is -4.21. The molecule has 1 aromatic carbocycles. The molecular formula is C25H21N5O7S2. The molecular weight excluding hydrogens is 546 g/mol. The zero-order valence-electron chi connectivity index (χ0n) is 20.4. The second-order valence-corrected chi connectivity index (χ2v) is 10.8. The van der Waals surface area contributed by atoms with Crippen molar-refractivity contribution in [2.75, 3.05) is 11.9 Å². The number of anilines is 1. The number of carbonyl (C=O) groups is 5. The SMILES string of the molecule is CCOC(=O)c1ccc(NC(=O)Cn2c3c(sc2=O)[C@@H](c2cccnc2)C2C(=O)N(C(N)=O)C(=O)C2S3)cc1. The molecule has 2 aliphatic heterocycles. The molecule has 0 saturated carbocycles. The third-order valence-electron chi connectivity index (χ3n) is 6.29. The van der Waals surface area contributed by atoms with Crippen LogP contribution in [-0.4, -0.2) is 56.0 Å². The Morgan fingerprint density at radius 2 is 1.85 bits per heavy atom. The number of benzene rings is 1. The molecule has 2 unspecified atom stereocenters. The molecule has 5 amide bonds. The minimum absolute atomic E-state index is 0.235. The fraction of sp³-hybridized carbons (Fsp3) is 0.240. The lowest BCUT2D eigenvalue weighted by atomic mass is 9.84. The van der Waals surface area contributed by atoms with E-state index in [-0.39, 0.29) is 13.2 Å². The second kappa shape index (κ2) is 10.5. The van der Waals surface area contributed by atoms with E-state index in [0.29, 0.717) is 31.6 Å². The Balaban J connectivity index is 1.45. The Labute approximate surface area is 229 Å². The van der Waals surface area contributed by atoms with E-state index < -0.39 is 51.7 Å². The number of imide groups is 3. The first kappa shape index (κ1) is 26.3. The van der Waals surface area contributed by atoms with Gasteiger partial charge in [-0.2, -0.15) is 4.90 Å². The van der Waals surface area contributed by atoms with Crippen LogP contribution in [0.3, 0.4) is 0 Å². The first-order chi connectivity index (χ1) is 18.7. The summed E-state index contributed by atoms with van der Waals surface area (Å²) in [6.45, 7) is 1.57. The maximum atomic E-state index is 13.2. The largest absolute Gasteiger partial charge is 0.462 e. The lowest BCUT2D eigenvalue weighted by Gasteiger charge is -2.30. The minimum Gasteiger partial charge on any atom is -0.462 e. The van der Waals surface area contributed by atoms with Crippen LogP contribution in [0, 0.1) is 5.92 Å². The zero-order valence-corrected chi connectivity index (χ0v) is 22.0. The van der Waals surface area contributed by atoms with Crippen molar-refractivity contribution in [1.82, 2.24) is 14.5 Å². The summed E-state index contributed by atoms with van der Waals surface area (Å²) in [5.41, 5.74) is 6.64. The van der Waals surface area contributed by atoms with Crippen molar-refractivity contribution in [3.8, 4) is 0 Å². The first-order valence-corrected chi connectivity index (χ1v) is 13.4. The van der Waals surface area contributed by atoms with Gasteiger partial charge in [-0.1, -0.05) is 29.2 Å². The number of ether oxygens (including phenoxy) is 1. The highest BCUT2D eigenvalue weighted by atomic mass is 32.2. The van der Waals surface area contributed by atoms with Crippen LogP contribution in [0.25, 0.3) is 0 Å². The number of carbonyl (C=O) groups excluding carboxylic acids is 5. The third-order valence-corrected chi connectivity index (χ3v) is 8.90. The van der Waals surface area contributed by atoms with Crippen molar-refractivity contribution < 1.29 is 28.7 Å². The van der Waals surface area contributed by atoms with Crippen molar-refractivity contribution in [3.05, 3.63) is 74.5 Å². The van der Waals surface area contributed by atoms with Crippen LogP contribution in [0.4, 0.5) is 10.5 Å². The van der Waals surface area contributed by atoms with Gasteiger partial charge in [0.05, 0.1) is 23.1 Å². The Hall–Kier alpha value is -4.30. The van der Waals surface area contributed by atoms with Crippen molar-refractivity contribution in [2.24, 2.45) is 11.7 Å². The molecule has 4 heterocycles. The fourth-order valence-electron chi connectivity index (χ4n) is 4.64. The number of nitrogens with two attached hydrogens (primary N) is 1. The number of thioether (sulfide) groups is 1. The van der Waals surface area contributed by atoms with Crippen LogP contribution in [0.5, 0.6) is 0 Å². The highest BCUT2D eigenvalue weighted by Crippen LogP contribution is 2.53. The number of thiazole rings is 1. The number of hydrogen-bond acceptors (Lipinski definition) is 10. The number of rotatable bonds is 6. The van der Waals surface area contributed by atoms with Crippen LogP contribution in [0.2, 0.25) is 0 Å². The number of fused-ring (bicyclic) bond motifs is 2. The van der Waals surface area contributed by atoms with E-state index in [9.17, 15) is 28.8 Å². The molecule has 3 N–H and O–H groups in total. The average Bonchev–Trinajstić information content (AvgIpc) is 3.35. The molecule has 3 atom stereocenters. The number of nitrogens with one attached hydrogen (secondary N) is 1. The van der Waals surface area contributed by atoms with Crippen molar-refractivity contribution in [1.29, 1.82) is 0 Å². The molecule has 3 aromatic rings. The Morgan fingerprint density at radius 1 is 1.10 bits per heavy atom. The molecule has 1 fully saturated rings. The summed E-state index contributed by atoms with van der Waals surface area (Å²) in [6.07, 6.45) is 3.08. The quantitative estimate of drug-likeness (QED) is 0.333. The van der Waals surface area contributed by atoms with Crippen LogP contribution >= 0.6 is 23.1 Å². The van der Waals surface area contributed by atoms with Gasteiger partial charge in [-0.05, 0) is 42.8 Å². The van der Waals surface area contributed by atoms with Gasteiger partial charge in [0.2, 0.25) is 11.8 Å². The summed E-state index contributed by atoms with van der Waals surface area (Å²) in [7, 11) is 0. The number of nitrogens with zero attached hydrogens (tertiary/aromatic N) is 3. The summed E-state index contributed by atoms with van der Waals surface area (Å²) in [5, 5.41) is 2.03. The normalized spacial score (nSPS) is 19.8. The van der Waals surface area contributed by atoms with Gasteiger partial charge in [0.1, 0.15) is 11.8 Å². The monoisotopic (exact) mass is 567 g/mol. The van der Waals surface area contributed by atoms with E-state index in [1.165, 1.54) is 35.0 Å². The van der Waals surface area contributed by atoms with E-state index in [0.717, 1.165) is 23.1 Å². The maximum Gasteiger partial charge on any atom is 0.338 e. The zero-order chi connectivity index (χ0) is 27.8. The van der Waals surface area contributed by atoms with Crippen LogP contribution < -0.4 is 15.9 Å². The molecule has 0 radical (unpaired) electrons. The van der Waals surface area contributed by atoms with E-state index in [1.807, 2.05) is 0 Å². The van der Waals surface area contributed by atoms with Crippen LogP contribution in [0.1, 0.15) is 33.6 Å². The first-order valence-electron chi connectivity index (χ1n) is 11.8. The standard InChI is InChI=1S/C25H21N5O7S2/c1-2-37-23(34)12-5-7-14(8-6-12)28-15(31)11-29-22-19(39-25(29)36)16(13-4-3-9-27-10-13)17-18(38-22)21(33)30(20(17)32)24(26)35/h3-10,16-18H,2,11H2,1H3,(H2,26,35)(H,28,31)/t16-,17?,18?/m0/s1. The number of amides is 5. The van der Waals surface area contributed by atoms with Gasteiger partial charge < -0.3 is 15.8 Å². The molecule has 1 saturated heterocycles. The molecule has 12 nitrogen and oxygen atoms in total. The molecule has 2 aromatic heterocycles. The molecule has 0 spiro atoms. The van der Waals surface area contributed by atoms with E-state index >= 15 is 0 Å². The number of pyridine rings is 1. The number of urea groups is 1. The van der Waals surface area contributed by atoms with Crippen molar-refractivity contribution in [3.63, 3.8) is 0 Å². The summed E-state index contributed by atoms with van der Waals surface area (Å²) in [6, 6.07) is 8.31. The van der Waals surface area contributed by atoms with Gasteiger partial charge >= 0.3 is 16.9 Å². The summed E-state index contributed by atoms with van der Waals surface area (Å²) < 4.78 is 6.19. The predicted molar refractivity (Wildman–Crippen MR) is 140 cm³/mol. The molecule has 14 heteroatoms. The van der Waals surface area contributed by atoms with Gasteiger partial charge in [-0.3, -0.25) is 28.7 Å². The van der Waals surface area contributed by atoms with Gasteiger partial charge in [-0.15, -0.1) is 0 Å². The number of likely N-dealkylation sites (tertiary alicyclic amines) is 1.